The maximum atomic E-state index is 4.76. The van der Waals surface area contributed by atoms with Crippen LogP contribution in [-0.2, 0) is 13.0 Å². The summed E-state index contributed by atoms with van der Waals surface area (Å²) >= 11 is 0. The standard InChI is InChI=1S/C17H24N2/c1-2-17-18-15-10-6-7-11-16(15)19(17)13-12-14-8-4-3-5-9-14/h6-7,10-11,14H,2-5,8-9,12-13H2,1H3. The van der Waals surface area contributed by atoms with E-state index in [2.05, 4.69) is 35.8 Å². The average Bonchev–Trinajstić information content (AvgIpc) is 2.84. The summed E-state index contributed by atoms with van der Waals surface area (Å²) in [6.45, 7) is 3.35. The summed E-state index contributed by atoms with van der Waals surface area (Å²) in [6.07, 6.45) is 9.56. The van der Waals surface area contributed by atoms with Gasteiger partial charge in [0.2, 0.25) is 0 Å². The number of fused-ring (bicyclic) bond motifs is 1. The second kappa shape index (κ2) is 5.77. The predicted molar refractivity (Wildman–Crippen MR) is 80.3 cm³/mol. The Kier molecular flexibility index (Phi) is 3.86. The monoisotopic (exact) mass is 256 g/mol. The molecule has 0 aliphatic heterocycles. The van der Waals surface area contributed by atoms with Crippen molar-refractivity contribution in [3.05, 3.63) is 30.1 Å². The minimum absolute atomic E-state index is 0.944. The minimum atomic E-state index is 0.944. The Balaban J connectivity index is 1.78. The molecule has 0 saturated heterocycles. The Morgan fingerprint density at radius 2 is 1.95 bits per heavy atom. The second-order valence-electron chi connectivity index (χ2n) is 5.81. The first-order valence-corrected chi connectivity index (χ1v) is 7.82. The lowest BCUT2D eigenvalue weighted by Gasteiger charge is -2.22. The van der Waals surface area contributed by atoms with Gasteiger partial charge in [0.1, 0.15) is 5.82 Å². The van der Waals surface area contributed by atoms with Crippen molar-refractivity contribution >= 4 is 11.0 Å². The number of benzene rings is 1. The number of aromatic nitrogens is 2. The van der Waals surface area contributed by atoms with E-state index in [4.69, 9.17) is 4.98 Å². The highest BCUT2D eigenvalue weighted by Gasteiger charge is 2.15. The summed E-state index contributed by atoms with van der Waals surface area (Å²) in [6, 6.07) is 8.55. The summed E-state index contributed by atoms with van der Waals surface area (Å²) < 4.78 is 2.45. The van der Waals surface area contributed by atoms with Crippen LogP contribution in [0, 0.1) is 5.92 Å². The van der Waals surface area contributed by atoms with Crippen LogP contribution in [0.2, 0.25) is 0 Å². The molecule has 3 rings (SSSR count). The highest BCUT2D eigenvalue weighted by molar-refractivity contribution is 5.75. The van der Waals surface area contributed by atoms with Gasteiger partial charge in [0.05, 0.1) is 11.0 Å². The highest BCUT2D eigenvalue weighted by Crippen LogP contribution is 2.27. The van der Waals surface area contributed by atoms with Crippen molar-refractivity contribution in [2.45, 2.75) is 58.4 Å². The van der Waals surface area contributed by atoms with E-state index in [9.17, 15) is 0 Å². The maximum Gasteiger partial charge on any atom is 0.109 e. The lowest BCUT2D eigenvalue weighted by Crippen LogP contribution is -2.11. The van der Waals surface area contributed by atoms with E-state index in [-0.39, 0.29) is 0 Å². The number of nitrogens with zero attached hydrogens (tertiary/aromatic N) is 2. The van der Waals surface area contributed by atoms with Crippen molar-refractivity contribution in [3.63, 3.8) is 0 Å². The molecule has 1 aliphatic rings. The molecule has 0 atom stereocenters. The maximum absolute atomic E-state index is 4.76. The first-order valence-electron chi connectivity index (χ1n) is 7.82. The molecule has 0 bridgehead atoms. The zero-order valence-corrected chi connectivity index (χ0v) is 11.9. The molecule has 0 radical (unpaired) electrons. The predicted octanol–water partition coefficient (Wildman–Crippen LogP) is 4.57. The lowest BCUT2D eigenvalue weighted by molar-refractivity contribution is 0.324. The van der Waals surface area contributed by atoms with Gasteiger partial charge in [0.25, 0.3) is 0 Å². The summed E-state index contributed by atoms with van der Waals surface area (Å²) in [4.78, 5) is 4.76. The third-order valence-electron chi connectivity index (χ3n) is 4.54. The zero-order chi connectivity index (χ0) is 13.1. The molecule has 2 aromatic rings. The van der Waals surface area contributed by atoms with Gasteiger partial charge in [-0.2, -0.15) is 0 Å². The molecule has 2 nitrogen and oxygen atoms in total. The van der Waals surface area contributed by atoms with Crippen molar-refractivity contribution in [1.29, 1.82) is 0 Å². The van der Waals surface area contributed by atoms with E-state index in [1.807, 2.05) is 0 Å². The third kappa shape index (κ3) is 2.68. The normalized spacial score (nSPS) is 17.1. The highest BCUT2D eigenvalue weighted by atomic mass is 15.1. The molecule has 1 saturated carbocycles. The Morgan fingerprint density at radius 3 is 2.74 bits per heavy atom. The summed E-state index contributed by atoms with van der Waals surface area (Å²) in [5.74, 6) is 2.19. The number of hydrogen-bond acceptors (Lipinski definition) is 1. The number of hydrogen-bond donors (Lipinski definition) is 0. The quantitative estimate of drug-likeness (QED) is 0.783. The van der Waals surface area contributed by atoms with E-state index in [1.54, 1.807) is 0 Å². The van der Waals surface area contributed by atoms with Gasteiger partial charge in [-0.25, -0.2) is 4.98 Å². The van der Waals surface area contributed by atoms with Crippen LogP contribution >= 0.6 is 0 Å². The van der Waals surface area contributed by atoms with Crippen molar-refractivity contribution in [3.8, 4) is 0 Å². The van der Waals surface area contributed by atoms with E-state index < -0.39 is 0 Å². The molecule has 1 aromatic heterocycles. The van der Waals surface area contributed by atoms with Gasteiger partial charge in [-0.3, -0.25) is 0 Å². The van der Waals surface area contributed by atoms with E-state index in [0.29, 0.717) is 0 Å². The fourth-order valence-electron chi connectivity index (χ4n) is 3.43. The first-order chi connectivity index (χ1) is 9.38. The van der Waals surface area contributed by atoms with Gasteiger partial charge in [-0.1, -0.05) is 51.2 Å². The van der Waals surface area contributed by atoms with Crippen LogP contribution in [0.1, 0.15) is 51.3 Å². The largest absolute Gasteiger partial charge is 0.328 e. The van der Waals surface area contributed by atoms with Crippen LogP contribution in [0.5, 0.6) is 0 Å². The second-order valence-corrected chi connectivity index (χ2v) is 5.81. The van der Waals surface area contributed by atoms with Crippen LogP contribution in [0.3, 0.4) is 0 Å². The van der Waals surface area contributed by atoms with Crippen molar-refractivity contribution in [2.24, 2.45) is 5.92 Å². The fourth-order valence-corrected chi connectivity index (χ4v) is 3.43. The van der Waals surface area contributed by atoms with Crippen molar-refractivity contribution < 1.29 is 0 Å². The number of imidazole rings is 1. The average molecular weight is 256 g/mol. The Labute approximate surface area is 115 Å². The Bertz CT molecular complexity index is 535. The van der Waals surface area contributed by atoms with Gasteiger partial charge in [0.15, 0.2) is 0 Å². The molecule has 0 amide bonds. The fraction of sp³-hybridized carbons (Fsp3) is 0.588. The van der Waals surface area contributed by atoms with Gasteiger partial charge < -0.3 is 4.57 Å². The molecular formula is C17H24N2. The van der Waals surface area contributed by atoms with Gasteiger partial charge in [-0.05, 0) is 24.5 Å². The molecule has 1 aromatic carbocycles. The molecular weight excluding hydrogens is 232 g/mol. The van der Waals surface area contributed by atoms with Crippen LogP contribution in [0.15, 0.2) is 24.3 Å². The first kappa shape index (κ1) is 12.7. The van der Waals surface area contributed by atoms with Crippen LogP contribution in [0.25, 0.3) is 11.0 Å². The molecule has 1 fully saturated rings. The molecule has 0 spiro atoms. The van der Waals surface area contributed by atoms with Crippen molar-refractivity contribution in [1.82, 2.24) is 9.55 Å². The number of aryl methyl sites for hydroxylation is 2. The molecule has 1 heterocycles. The van der Waals surface area contributed by atoms with Crippen LogP contribution in [-0.4, -0.2) is 9.55 Å². The van der Waals surface area contributed by atoms with Crippen molar-refractivity contribution in [2.75, 3.05) is 0 Å². The smallest absolute Gasteiger partial charge is 0.109 e. The minimum Gasteiger partial charge on any atom is -0.328 e. The Hall–Kier alpha value is -1.31. The molecule has 1 aliphatic carbocycles. The van der Waals surface area contributed by atoms with Gasteiger partial charge in [0, 0.05) is 13.0 Å². The summed E-state index contributed by atoms with van der Waals surface area (Å²) in [5.41, 5.74) is 2.47. The molecule has 0 unspecified atom stereocenters. The summed E-state index contributed by atoms with van der Waals surface area (Å²) in [7, 11) is 0. The molecule has 102 valence electrons. The topological polar surface area (TPSA) is 17.8 Å². The van der Waals surface area contributed by atoms with Gasteiger partial charge >= 0.3 is 0 Å². The lowest BCUT2D eigenvalue weighted by atomic mass is 9.87. The molecule has 0 N–H and O–H groups in total. The van der Waals surface area contributed by atoms with Crippen LogP contribution < -0.4 is 0 Å². The van der Waals surface area contributed by atoms with Gasteiger partial charge in [-0.15, -0.1) is 0 Å². The van der Waals surface area contributed by atoms with E-state index in [0.717, 1.165) is 24.4 Å². The summed E-state index contributed by atoms with van der Waals surface area (Å²) in [5, 5.41) is 0. The number of para-hydroxylation sites is 2. The van der Waals surface area contributed by atoms with E-state index >= 15 is 0 Å². The Morgan fingerprint density at radius 1 is 1.16 bits per heavy atom. The van der Waals surface area contributed by atoms with Crippen LogP contribution in [0.4, 0.5) is 0 Å². The van der Waals surface area contributed by atoms with E-state index in [1.165, 1.54) is 49.9 Å². The number of rotatable bonds is 4. The molecule has 2 heteroatoms. The third-order valence-corrected chi connectivity index (χ3v) is 4.54. The SMILES string of the molecule is CCc1nc2ccccc2n1CCC1CCCCC1. The zero-order valence-electron chi connectivity index (χ0n) is 11.9. The molecule has 19 heavy (non-hydrogen) atoms.